The van der Waals surface area contributed by atoms with E-state index < -0.39 is 51.3 Å². The number of ether oxygens (including phenoxy) is 7. The maximum Gasteiger partial charge on any atom is 0.414 e. The second-order valence-corrected chi connectivity index (χ2v) is 16.3. The summed E-state index contributed by atoms with van der Waals surface area (Å²) in [5.41, 5.74) is 1.22. The van der Waals surface area contributed by atoms with E-state index >= 15 is 0 Å². The number of benzene rings is 3. The van der Waals surface area contributed by atoms with Gasteiger partial charge in [0.05, 0.1) is 12.2 Å². The van der Waals surface area contributed by atoms with E-state index in [2.05, 4.69) is 20.8 Å². The van der Waals surface area contributed by atoms with Crippen LogP contribution in [0.4, 0.5) is 10.5 Å². The van der Waals surface area contributed by atoms with Crippen LogP contribution in [-0.2, 0) is 33.7 Å². The van der Waals surface area contributed by atoms with E-state index in [0.717, 1.165) is 11.1 Å². The van der Waals surface area contributed by atoms with Gasteiger partial charge in [0, 0.05) is 20.3 Å². The molecular formula is C36H45NO9Si. The van der Waals surface area contributed by atoms with Gasteiger partial charge in [0.2, 0.25) is 11.6 Å². The van der Waals surface area contributed by atoms with E-state index in [1.165, 1.54) is 0 Å². The third kappa shape index (κ3) is 6.16. The molecule has 3 aliphatic rings. The number of hydrogen-bond donors (Lipinski definition) is 0. The lowest BCUT2D eigenvalue weighted by molar-refractivity contribution is -0.463. The molecule has 3 aromatic carbocycles. The van der Waals surface area contributed by atoms with Gasteiger partial charge in [-0.1, -0.05) is 81.4 Å². The summed E-state index contributed by atoms with van der Waals surface area (Å²) in [4.78, 5) is 15.2. The van der Waals surface area contributed by atoms with Crippen LogP contribution < -0.4 is 14.4 Å². The summed E-state index contributed by atoms with van der Waals surface area (Å²) >= 11 is 0. The fourth-order valence-electron chi connectivity index (χ4n) is 6.41. The van der Waals surface area contributed by atoms with Gasteiger partial charge in [0.15, 0.2) is 27.4 Å². The summed E-state index contributed by atoms with van der Waals surface area (Å²) in [5.74, 6) is -1.53. The van der Waals surface area contributed by atoms with E-state index in [1.54, 1.807) is 45.1 Å². The van der Waals surface area contributed by atoms with Crippen molar-refractivity contribution in [1.29, 1.82) is 0 Å². The molecule has 0 N–H and O–H groups in total. The van der Waals surface area contributed by atoms with Crippen molar-refractivity contribution in [2.24, 2.45) is 0 Å². The Morgan fingerprint density at radius 1 is 0.809 bits per heavy atom. The normalized spacial score (nSPS) is 28.1. The summed E-state index contributed by atoms with van der Waals surface area (Å²) in [6, 6.07) is 25.5. The maximum atomic E-state index is 13.6. The standard InChI is InChI=1S/C36H45NO9Si/c1-33(2,3)47-46-36(24-14-10-8-11-15-24,25-16-12-9-13-17-25)31-30(44-34(4,39-6)35(5,40-7)45-31)29-23-37(32(38)43-29)26-18-19-27-28(22-26)42-21-20-41-27/h8-19,22,29-31H,20-21,23,47H2,1-7H3/t29-,30-,31-,34+,35+/m0/s1. The highest BCUT2D eigenvalue weighted by atomic mass is 28.2. The predicted octanol–water partition coefficient (Wildman–Crippen LogP) is 5.55. The first-order valence-electron chi connectivity index (χ1n) is 16.0. The smallest absolute Gasteiger partial charge is 0.414 e. The first-order valence-corrected chi connectivity index (χ1v) is 17.3. The van der Waals surface area contributed by atoms with Crippen LogP contribution in [0.15, 0.2) is 78.9 Å². The van der Waals surface area contributed by atoms with Gasteiger partial charge in [-0.15, -0.1) is 0 Å². The highest BCUT2D eigenvalue weighted by molar-refractivity contribution is 6.32. The summed E-state index contributed by atoms with van der Waals surface area (Å²) in [5, 5.41) is -0.0692. The number of hydrogen-bond acceptors (Lipinski definition) is 9. The van der Waals surface area contributed by atoms with Crippen LogP contribution in [0.2, 0.25) is 5.04 Å². The molecule has 6 rings (SSSR count). The molecule has 252 valence electrons. The van der Waals surface area contributed by atoms with Gasteiger partial charge in [-0.05, 0) is 42.1 Å². The van der Waals surface area contributed by atoms with Gasteiger partial charge in [0.1, 0.15) is 31.0 Å². The van der Waals surface area contributed by atoms with Crippen molar-refractivity contribution in [1.82, 2.24) is 0 Å². The quantitative estimate of drug-likeness (QED) is 0.273. The molecule has 3 aromatic rings. The molecule has 0 saturated carbocycles. The second-order valence-electron chi connectivity index (χ2n) is 13.6. The molecule has 0 spiro atoms. The van der Waals surface area contributed by atoms with E-state index in [0.29, 0.717) is 30.4 Å². The highest BCUT2D eigenvalue weighted by Gasteiger charge is 2.65. The minimum absolute atomic E-state index is 0.0692. The summed E-state index contributed by atoms with van der Waals surface area (Å²) in [6.45, 7) is 11.2. The van der Waals surface area contributed by atoms with Crippen molar-refractivity contribution in [2.45, 2.75) is 75.1 Å². The molecule has 0 bridgehead atoms. The lowest BCUT2D eigenvalue weighted by atomic mass is 9.77. The van der Waals surface area contributed by atoms with E-state index in [-0.39, 0.29) is 11.6 Å². The van der Waals surface area contributed by atoms with Crippen LogP contribution in [0, 0.1) is 0 Å². The minimum atomic E-state index is -1.37. The van der Waals surface area contributed by atoms with Gasteiger partial charge in [-0.25, -0.2) is 4.79 Å². The number of anilines is 1. The topological polar surface area (TPSA) is 94.2 Å². The Balaban J connectivity index is 1.49. The molecule has 3 heterocycles. The third-order valence-corrected chi connectivity index (χ3v) is 10.7. The Labute approximate surface area is 279 Å². The number of amides is 1. The molecule has 0 aliphatic carbocycles. The number of rotatable bonds is 9. The molecule has 3 aliphatic heterocycles. The van der Waals surface area contributed by atoms with Crippen molar-refractivity contribution in [2.75, 3.05) is 38.9 Å². The summed E-state index contributed by atoms with van der Waals surface area (Å²) in [7, 11) is 1.88. The molecule has 5 atom stereocenters. The largest absolute Gasteiger partial charge is 0.486 e. The molecule has 1 amide bonds. The zero-order valence-electron chi connectivity index (χ0n) is 28.2. The minimum Gasteiger partial charge on any atom is -0.486 e. The maximum absolute atomic E-state index is 13.6. The van der Waals surface area contributed by atoms with Crippen molar-refractivity contribution in [3.8, 4) is 11.5 Å². The average Bonchev–Trinajstić information content (AvgIpc) is 3.47. The van der Waals surface area contributed by atoms with Crippen molar-refractivity contribution >= 4 is 21.5 Å². The SMILES string of the molecule is CO[C@]1(C)O[C@@H]([C@@H]2CN(c3ccc4c(c3)OCCO4)C(=O)O2)[C@@H](C(O[SiH2]C(C)(C)C)(c2ccccc2)c2ccccc2)O[C@@]1(C)OC. The predicted molar refractivity (Wildman–Crippen MR) is 179 cm³/mol. The number of fused-ring (bicyclic) bond motifs is 1. The lowest BCUT2D eigenvalue weighted by Crippen LogP contribution is -2.71. The lowest BCUT2D eigenvalue weighted by Gasteiger charge is -2.57. The molecule has 0 unspecified atom stereocenters. The Bertz CT molecular complexity index is 1510. The molecule has 10 nitrogen and oxygen atoms in total. The Kier molecular flexibility index (Phi) is 9.16. The summed E-state index contributed by atoms with van der Waals surface area (Å²) in [6.07, 6.45) is -3.00. The number of cyclic esters (lactones) is 1. The Morgan fingerprint density at radius 3 is 1.96 bits per heavy atom. The zero-order chi connectivity index (χ0) is 33.5. The Morgan fingerprint density at radius 2 is 1.38 bits per heavy atom. The molecule has 0 aromatic heterocycles. The van der Waals surface area contributed by atoms with Gasteiger partial charge < -0.3 is 37.6 Å². The van der Waals surface area contributed by atoms with Gasteiger partial charge >= 0.3 is 6.09 Å². The molecule has 2 saturated heterocycles. The molecule has 2 fully saturated rings. The van der Waals surface area contributed by atoms with Crippen LogP contribution in [-0.4, -0.2) is 79.7 Å². The van der Waals surface area contributed by atoms with Crippen molar-refractivity contribution < 1.29 is 42.4 Å². The first kappa shape index (κ1) is 33.4. The van der Waals surface area contributed by atoms with Crippen LogP contribution >= 0.6 is 0 Å². The van der Waals surface area contributed by atoms with E-state index in [4.69, 9.17) is 37.6 Å². The fraction of sp³-hybridized carbons (Fsp3) is 0.472. The van der Waals surface area contributed by atoms with Gasteiger partial charge in [0.25, 0.3) is 0 Å². The average molecular weight is 664 g/mol. The van der Waals surface area contributed by atoms with Gasteiger partial charge in [-0.3, -0.25) is 4.90 Å². The number of methoxy groups -OCH3 is 2. The monoisotopic (exact) mass is 663 g/mol. The molecule has 47 heavy (non-hydrogen) atoms. The third-order valence-electron chi connectivity index (χ3n) is 9.19. The highest BCUT2D eigenvalue weighted by Crippen LogP contribution is 2.51. The fourth-order valence-corrected chi connectivity index (χ4v) is 7.57. The Hall–Kier alpha value is -3.45. The summed E-state index contributed by atoms with van der Waals surface area (Å²) < 4.78 is 51.0. The second kappa shape index (κ2) is 12.9. The van der Waals surface area contributed by atoms with Gasteiger partial charge in [-0.2, -0.15) is 0 Å². The number of carbonyl (C=O) groups is 1. The van der Waals surface area contributed by atoms with Crippen molar-refractivity contribution in [3.05, 3.63) is 90.0 Å². The van der Waals surface area contributed by atoms with Crippen LogP contribution in [0.1, 0.15) is 45.7 Å². The molecule has 11 heteroatoms. The van der Waals surface area contributed by atoms with Crippen molar-refractivity contribution in [3.63, 3.8) is 0 Å². The first-order chi connectivity index (χ1) is 22.4. The van der Waals surface area contributed by atoms with Crippen LogP contribution in [0.5, 0.6) is 11.5 Å². The molecular weight excluding hydrogens is 618 g/mol. The van der Waals surface area contributed by atoms with Crippen LogP contribution in [0.25, 0.3) is 0 Å². The van der Waals surface area contributed by atoms with Crippen LogP contribution in [0.3, 0.4) is 0 Å². The van der Waals surface area contributed by atoms with E-state index in [1.807, 2.05) is 66.7 Å². The van der Waals surface area contributed by atoms with E-state index in [9.17, 15) is 4.79 Å². The zero-order valence-corrected chi connectivity index (χ0v) is 29.6. The number of nitrogens with zero attached hydrogens (tertiary/aromatic N) is 1. The number of carbonyl (C=O) groups excluding carboxylic acids is 1. The molecule has 0 radical (unpaired) electrons.